The Balaban J connectivity index is 2.32. The summed E-state index contributed by atoms with van der Waals surface area (Å²) in [5.41, 5.74) is 1.57. The van der Waals surface area contributed by atoms with E-state index in [0.717, 1.165) is 24.7 Å². The normalized spacial score (nSPS) is 26.4. The third-order valence-corrected chi connectivity index (χ3v) is 6.52. The maximum atomic E-state index is 6.18. The van der Waals surface area contributed by atoms with E-state index < -0.39 is 0 Å². The fraction of sp³-hybridized carbons (Fsp3) is 0.652. The summed E-state index contributed by atoms with van der Waals surface area (Å²) in [6.45, 7) is 17.6. The van der Waals surface area contributed by atoms with E-state index in [-0.39, 0.29) is 5.54 Å². The van der Waals surface area contributed by atoms with Gasteiger partial charge in [-0.05, 0) is 68.9 Å². The molecule has 1 aromatic rings. The van der Waals surface area contributed by atoms with Crippen molar-refractivity contribution >= 4 is 11.6 Å². The van der Waals surface area contributed by atoms with Crippen molar-refractivity contribution in [3.05, 3.63) is 47.5 Å². The van der Waals surface area contributed by atoms with E-state index in [2.05, 4.69) is 74.4 Å². The maximum absolute atomic E-state index is 6.18. The molecule has 0 radical (unpaired) electrons. The van der Waals surface area contributed by atoms with Crippen LogP contribution < -0.4 is 0 Å². The van der Waals surface area contributed by atoms with Gasteiger partial charge < -0.3 is 0 Å². The summed E-state index contributed by atoms with van der Waals surface area (Å²) in [5.74, 6) is 0.659. The number of hydrogen-bond acceptors (Lipinski definition) is 2. The fourth-order valence-corrected chi connectivity index (χ4v) is 5.28. The van der Waals surface area contributed by atoms with Crippen LogP contribution in [0.1, 0.15) is 58.9 Å². The predicted molar refractivity (Wildman–Crippen MR) is 115 cm³/mol. The lowest BCUT2D eigenvalue weighted by Crippen LogP contribution is -2.54. The minimum absolute atomic E-state index is 0.135. The fourth-order valence-electron chi connectivity index (χ4n) is 5.15. The lowest BCUT2D eigenvalue weighted by Gasteiger charge is -2.52. The molecule has 0 saturated heterocycles. The molecule has 0 heterocycles. The molecule has 1 fully saturated rings. The molecule has 0 amide bonds. The molecule has 0 N–H and O–H groups in total. The minimum atomic E-state index is 0.135. The molecular formula is C23H37ClN2. The molecule has 3 atom stereocenters. The van der Waals surface area contributed by atoms with Gasteiger partial charge >= 0.3 is 0 Å². The van der Waals surface area contributed by atoms with Crippen LogP contribution in [0.5, 0.6) is 0 Å². The Morgan fingerprint density at radius 2 is 1.85 bits per heavy atom. The van der Waals surface area contributed by atoms with Crippen molar-refractivity contribution in [2.75, 3.05) is 26.2 Å². The second kappa shape index (κ2) is 9.92. The predicted octanol–water partition coefficient (Wildman–Crippen LogP) is 5.96. The van der Waals surface area contributed by atoms with Gasteiger partial charge in [-0.2, -0.15) is 0 Å². The summed E-state index contributed by atoms with van der Waals surface area (Å²) in [7, 11) is 0. The average Bonchev–Trinajstić information content (AvgIpc) is 2.63. The zero-order chi connectivity index (χ0) is 19.2. The SMILES string of the molecule is C=CCN(CCC)C1CCC(c2ccc(Cl)cc2)(N(CC)CC)CC1C. The van der Waals surface area contributed by atoms with Crippen LogP contribution in [-0.4, -0.2) is 42.0 Å². The largest absolute Gasteiger partial charge is 0.296 e. The van der Waals surface area contributed by atoms with Gasteiger partial charge in [0.2, 0.25) is 0 Å². The van der Waals surface area contributed by atoms with Crippen molar-refractivity contribution in [2.24, 2.45) is 5.92 Å². The Kier molecular flexibility index (Phi) is 8.19. The van der Waals surface area contributed by atoms with E-state index in [1.165, 1.54) is 37.8 Å². The van der Waals surface area contributed by atoms with Crippen LogP contribution in [0.15, 0.2) is 36.9 Å². The lowest BCUT2D eigenvalue weighted by atomic mass is 9.68. The van der Waals surface area contributed by atoms with Crippen molar-refractivity contribution in [3.8, 4) is 0 Å². The van der Waals surface area contributed by atoms with Gasteiger partial charge in [0.05, 0.1) is 0 Å². The van der Waals surface area contributed by atoms with Gasteiger partial charge in [-0.25, -0.2) is 0 Å². The summed E-state index contributed by atoms with van der Waals surface area (Å²) >= 11 is 6.18. The molecule has 146 valence electrons. The highest BCUT2D eigenvalue weighted by molar-refractivity contribution is 6.30. The van der Waals surface area contributed by atoms with Gasteiger partial charge in [-0.15, -0.1) is 6.58 Å². The first-order valence-corrected chi connectivity index (χ1v) is 10.8. The Morgan fingerprint density at radius 3 is 2.35 bits per heavy atom. The van der Waals surface area contributed by atoms with Gasteiger partial charge in [0.1, 0.15) is 0 Å². The molecule has 2 nitrogen and oxygen atoms in total. The number of rotatable bonds is 9. The first-order chi connectivity index (χ1) is 12.5. The van der Waals surface area contributed by atoms with Crippen LogP contribution in [-0.2, 0) is 5.54 Å². The molecular weight excluding hydrogens is 340 g/mol. The molecule has 0 bridgehead atoms. The highest BCUT2D eigenvalue weighted by Gasteiger charge is 2.44. The first kappa shape index (κ1) is 21.5. The third kappa shape index (κ3) is 4.52. The van der Waals surface area contributed by atoms with Gasteiger partial charge in [0, 0.05) is 23.1 Å². The Morgan fingerprint density at radius 1 is 1.19 bits per heavy atom. The number of nitrogens with zero attached hydrogens (tertiary/aromatic N) is 2. The van der Waals surface area contributed by atoms with Crippen molar-refractivity contribution in [1.82, 2.24) is 9.80 Å². The number of benzene rings is 1. The molecule has 1 aromatic carbocycles. The quantitative estimate of drug-likeness (QED) is 0.490. The number of hydrogen-bond donors (Lipinski definition) is 0. The highest BCUT2D eigenvalue weighted by Crippen LogP contribution is 2.46. The van der Waals surface area contributed by atoms with E-state index >= 15 is 0 Å². The van der Waals surface area contributed by atoms with Crippen molar-refractivity contribution in [3.63, 3.8) is 0 Å². The molecule has 0 spiro atoms. The topological polar surface area (TPSA) is 6.48 Å². The van der Waals surface area contributed by atoms with Crippen LogP contribution in [0.4, 0.5) is 0 Å². The number of halogens is 1. The molecule has 26 heavy (non-hydrogen) atoms. The zero-order valence-electron chi connectivity index (χ0n) is 17.2. The first-order valence-electron chi connectivity index (χ1n) is 10.4. The monoisotopic (exact) mass is 376 g/mol. The van der Waals surface area contributed by atoms with E-state index in [4.69, 9.17) is 11.6 Å². The summed E-state index contributed by atoms with van der Waals surface area (Å²) in [5, 5.41) is 0.824. The third-order valence-electron chi connectivity index (χ3n) is 6.26. The van der Waals surface area contributed by atoms with E-state index in [1.54, 1.807) is 0 Å². The Hall–Kier alpha value is -0.830. The van der Waals surface area contributed by atoms with Crippen molar-refractivity contribution in [1.29, 1.82) is 0 Å². The second-order valence-corrected chi connectivity index (χ2v) is 8.22. The molecule has 3 heteroatoms. The zero-order valence-corrected chi connectivity index (χ0v) is 17.9. The van der Waals surface area contributed by atoms with Crippen LogP contribution >= 0.6 is 11.6 Å². The lowest BCUT2D eigenvalue weighted by molar-refractivity contribution is -0.00404. The summed E-state index contributed by atoms with van der Waals surface area (Å²) in [6.07, 6.45) is 6.93. The average molecular weight is 377 g/mol. The summed E-state index contributed by atoms with van der Waals surface area (Å²) in [6, 6.07) is 9.27. The van der Waals surface area contributed by atoms with Crippen molar-refractivity contribution in [2.45, 2.75) is 65.0 Å². The van der Waals surface area contributed by atoms with E-state index in [9.17, 15) is 0 Å². The smallest absolute Gasteiger partial charge is 0.0464 e. The standard InChI is InChI=1S/C23H37ClN2/c1-6-16-25(17-7-2)22-14-15-23(18-19(22)5,26(8-3)9-4)20-10-12-21(24)13-11-20/h6,10-13,19,22H,1,7-9,14-18H2,2-5H3. The van der Waals surface area contributed by atoms with E-state index in [0.29, 0.717) is 12.0 Å². The molecule has 3 unspecified atom stereocenters. The van der Waals surface area contributed by atoms with Crippen LogP contribution in [0.25, 0.3) is 0 Å². The van der Waals surface area contributed by atoms with Crippen LogP contribution in [0.2, 0.25) is 5.02 Å². The van der Waals surface area contributed by atoms with E-state index in [1.807, 2.05) is 0 Å². The minimum Gasteiger partial charge on any atom is -0.296 e. The molecule has 0 aromatic heterocycles. The molecule has 1 aliphatic carbocycles. The van der Waals surface area contributed by atoms with Gasteiger partial charge in [-0.3, -0.25) is 9.80 Å². The van der Waals surface area contributed by atoms with Crippen LogP contribution in [0.3, 0.4) is 0 Å². The van der Waals surface area contributed by atoms with Gasteiger partial charge in [0.15, 0.2) is 0 Å². The molecule has 2 rings (SSSR count). The molecule has 1 aliphatic rings. The van der Waals surface area contributed by atoms with Gasteiger partial charge in [-0.1, -0.05) is 57.5 Å². The Labute approximate surface area is 166 Å². The van der Waals surface area contributed by atoms with Crippen molar-refractivity contribution < 1.29 is 0 Å². The second-order valence-electron chi connectivity index (χ2n) is 7.78. The highest BCUT2D eigenvalue weighted by atomic mass is 35.5. The maximum Gasteiger partial charge on any atom is 0.0464 e. The summed E-state index contributed by atoms with van der Waals surface area (Å²) < 4.78 is 0. The van der Waals surface area contributed by atoms with Gasteiger partial charge in [0.25, 0.3) is 0 Å². The molecule has 1 saturated carbocycles. The Bertz CT molecular complexity index is 552. The van der Waals surface area contributed by atoms with Crippen LogP contribution in [0, 0.1) is 5.92 Å². The summed E-state index contributed by atoms with van der Waals surface area (Å²) in [4.78, 5) is 5.31. The molecule has 0 aliphatic heterocycles.